The molecule has 0 heterocycles. The number of thiol groups is 2. The van der Waals surface area contributed by atoms with E-state index >= 15 is 0 Å². The lowest BCUT2D eigenvalue weighted by Crippen LogP contribution is -2.62. The van der Waals surface area contributed by atoms with Gasteiger partial charge in [-0.25, -0.2) is 0 Å². The lowest BCUT2D eigenvalue weighted by atomic mass is 9.96. The fourth-order valence-electron chi connectivity index (χ4n) is 10.6. The van der Waals surface area contributed by atoms with Crippen molar-refractivity contribution in [3.63, 3.8) is 0 Å². The largest absolute Gasteiger partial charge is 0.481 e. The zero-order valence-corrected chi connectivity index (χ0v) is 63.5. The molecular formula is C69H112N22O15S2. The molecule has 12 amide bonds. The maximum absolute atomic E-state index is 14.6. The van der Waals surface area contributed by atoms with E-state index in [9.17, 15) is 72.2 Å². The zero-order chi connectivity index (χ0) is 80.8. The minimum Gasteiger partial charge on any atom is -0.481 e. The molecule has 2 aromatic rings. The Labute approximate surface area is 639 Å². The highest BCUT2D eigenvalue weighted by molar-refractivity contribution is 7.80. The number of guanidine groups is 3. The summed E-state index contributed by atoms with van der Waals surface area (Å²) in [5, 5.41) is 35.5. The van der Waals surface area contributed by atoms with Gasteiger partial charge in [0.25, 0.3) is 5.91 Å². The molecule has 0 bridgehead atoms. The van der Waals surface area contributed by atoms with E-state index in [2.05, 4.69) is 93.4 Å². The van der Waals surface area contributed by atoms with E-state index in [4.69, 9.17) is 45.9 Å². The number of rotatable bonds is 53. The Bertz CT molecular complexity index is 3350. The second-order valence-electron chi connectivity index (χ2n) is 25.8. The smallest absolute Gasteiger partial charge is 0.305 e. The second kappa shape index (κ2) is 52.0. The van der Waals surface area contributed by atoms with Gasteiger partial charge in [-0.1, -0.05) is 114 Å². The van der Waals surface area contributed by atoms with Gasteiger partial charge in [-0.2, -0.15) is 25.3 Å². The lowest BCUT2D eigenvalue weighted by Gasteiger charge is -2.30. The number of imide groups is 1. The molecule has 0 saturated heterocycles. The van der Waals surface area contributed by atoms with E-state index < -0.39 is 169 Å². The third-order valence-electron chi connectivity index (χ3n) is 17.1. The van der Waals surface area contributed by atoms with Crippen molar-refractivity contribution in [1.29, 1.82) is 0 Å². The van der Waals surface area contributed by atoms with E-state index in [1.807, 2.05) is 0 Å². The number of benzene rings is 2. The first kappa shape index (κ1) is 93.9. The summed E-state index contributed by atoms with van der Waals surface area (Å²) in [7, 11) is 0. The Kier molecular flexibility index (Phi) is 45.2. The SMILES string of the molecule is CC[C@H](C)[C@H](NC(=O)[C@H](CCCN=C(N)N)NC(=O)CNC(=O)CN(C(=O)CCCCCCN)C(=O)[C@H](Cc1ccccc1)NC(=O)[C@@H](N)CS)C(=O)N[C@@H](CC(=O)O)C(=O)N[C@@H](CCCN=C(N)N)C(=O)N[C@H](C(=O)N[C@@H](CS)C(=O)N[C@@H](Cc1ccccc1)C(=O)N[C@H](C=O)CCCN=C(N)N)[C@@H](C)CC. The van der Waals surface area contributed by atoms with Crippen molar-refractivity contribution in [2.24, 2.45) is 72.7 Å². The number of carboxylic acid groups (broad SMARTS) is 1. The fourth-order valence-corrected chi connectivity index (χ4v) is 11.0. The van der Waals surface area contributed by atoms with Crippen molar-refractivity contribution in [1.82, 2.24) is 58.1 Å². The molecule has 108 heavy (non-hydrogen) atoms. The average molecular weight is 1550 g/mol. The van der Waals surface area contributed by atoms with E-state index in [0.717, 1.165) is 0 Å². The molecule has 12 atom stereocenters. The van der Waals surface area contributed by atoms with Crippen LogP contribution in [0.15, 0.2) is 75.6 Å². The van der Waals surface area contributed by atoms with Gasteiger partial charge in [0, 0.05) is 50.4 Å². The van der Waals surface area contributed by atoms with Gasteiger partial charge in [0.05, 0.1) is 25.0 Å². The summed E-state index contributed by atoms with van der Waals surface area (Å²) < 4.78 is 0. The van der Waals surface area contributed by atoms with Crippen molar-refractivity contribution in [2.75, 3.05) is 50.8 Å². The first-order chi connectivity index (χ1) is 51.3. The number of nitrogens with two attached hydrogens (primary N) is 8. The first-order valence-corrected chi connectivity index (χ1v) is 37.0. The fraction of sp³-hybridized carbons (Fsp3) is 0.580. The van der Waals surface area contributed by atoms with Crippen molar-refractivity contribution >= 4 is 126 Å². The minimum atomic E-state index is -1.96. The zero-order valence-electron chi connectivity index (χ0n) is 61.7. The van der Waals surface area contributed by atoms with Crippen molar-refractivity contribution in [3.8, 4) is 0 Å². The van der Waals surface area contributed by atoms with Crippen molar-refractivity contribution < 1.29 is 72.2 Å². The number of hydrogen-bond acceptors (Lipinski definition) is 21. The number of unbranched alkanes of at least 4 members (excludes halogenated alkanes) is 3. The molecule has 0 aliphatic rings. The normalized spacial score (nSPS) is 14.2. The Morgan fingerprint density at radius 1 is 0.491 bits per heavy atom. The molecule has 39 heteroatoms. The van der Waals surface area contributed by atoms with Crippen LogP contribution in [0.3, 0.4) is 0 Å². The monoisotopic (exact) mass is 1550 g/mol. The Morgan fingerprint density at radius 2 is 0.917 bits per heavy atom. The van der Waals surface area contributed by atoms with Gasteiger partial charge in [0.1, 0.15) is 61.2 Å². The number of nitrogens with one attached hydrogen (secondary N) is 10. The van der Waals surface area contributed by atoms with Crippen LogP contribution in [0.5, 0.6) is 0 Å². The molecule has 600 valence electrons. The number of aldehydes is 1. The summed E-state index contributed by atoms with van der Waals surface area (Å²) in [6, 6.07) is 2.81. The molecular weight excluding hydrogens is 1440 g/mol. The van der Waals surface area contributed by atoms with Gasteiger partial charge in [-0.05, 0) is 80.9 Å². The van der Waals surface area contributed by atoms with E-state index in [-0.39, 0.29) is 113 Å². The van der Waals surface area contributed by atoms with Crippen LogP contribution in [0.25, 0.3) is 0 Å². The molecule has 2 rings (SSSR count). The van der Waals surface area contributed by atoms with Gasteiger partial charge in [0.2, 0.25) is 65.0 Å². The highest BCUT2D eigenvalue weighted by Gasteiger charge is 2.38. The van der Waals surface area contributed by atoms with E-state index in [0.29, 0.717) is 61.0 Å². The first-order valence-electron chi connectivity index (χ1n) is 35.7. The van der Waals surface area contributed by atoms with E-state index in [1.165, 1.54) is 0 Å². The number of amides is 12. The summed E-state index contributed by atoms with van der Waals surface area (Å²) in [6.45, 7) is 5.25. The predicted molar refractivity (Wildman–Crippen MR) is 412 cm³/mol. The van der Waals surface area contributed by atoms with Crippen LogP contribution in [0, 0.1) is 11.8 Å². The summed E-state index contributed by atoms with van der Waals surface area (Å²) in [5.41, 5.74) is 45.8. The molecule has 27 N–H and O–H groups in total. The minimum absolute atomic E-state index is 0.00145. The Hall–Kier alpha value is -10.2. The predicted octanol–water partition coefficient (Wildman–Crippen LogP) is -4.67. The molecule has 0 radical (unpaired) electrons. The molecule has 0 aliphatic carbocycles. The van der Waals surface area contributed by atoms with Crippen LogP contribution in [-0.4, -0.2) is 222 Å². The van der Waals surface area contributed by atoms with Gasteiger partial charge < -0.3 is 109 Å². The standard InChI is InChI=1S/C69H112N22O15S2/c1-5-40(3)56(89-59(99)46(25-18-30-79-68(74)75)83-52(93)35-81-53(94)36-91(54(95)27-15-7-8-16-28-70)66(106)50(87-58(98)45(71)38-107)33-43-22-13-10-14-23-43)64(104)86-49(34-55(96)97)62(102)84-47(26-19-31-80-69(76)77)60(100)90-57(41(4)6-2)65(105)88-51(39-108)63(103)85-48(32-42-20-11-9-12-21-42)61(101)82-44(37-92)24-17-29-78-67(72)73/h9-14,20-23,37,40-41,44-51,56-57,107-108H,5-8,15-19,24-36,38-39,70-71H2,1-4H3,(H,81,94)(H,82,101)(H,83,93)(H,84,102)(H,85,103)(H,86,104)(H,87,98)(H,88,105)(H,89,99)(H,90,100)(H,96,97)(H4,72,73,78)(H4,74,75,79)(H4,76,77,80)/t40-,41-,44-,45-,46-,47-,48-,49-,50-,51-,56-,57-/m0/s1. The Morgan fingerprint density at radius 3 is 1.38 bits per heavy atom. The molecule has 0 aromatic heterocycles. The number of aliphatic imine (C=N–C) groups is 3. The van der Waals surface area contributed by atoms with Crippen LogP contribution >= 0.6 is 25.3 Å². The average Bonchev–Trinajstić information content (AvgIpc) is 0.853. The number of nitrogens with zero attached hydrogens (tertiary/aromatic N) is 4. The second-order valence-corrected chi connectivity index (χ2v) is 26.5. The summed E-state index contributed by atoms with van der Waals surface area (Å²) in [5.74, 6) is -15.4. The van der Waals surface area contributed by atoms with Gasteiger partial charge in [0.15, 0.2) is 17.9 Å². The van der Waals surface area contributed by atoms with Crippen LogP contribution < -0.4 is 99.0 Å². The number of carbonyl (C=O) groups excluding carboxylic acids is 13. The van der Waals surface area contributed by atoms with Crippen molar-refractivity contribution in [2.45, 2.75) is 191 Å². The van der Waals surface area contributed by atoms with Crippen LogP contribution in [0.1, 0.15) is 129 Å². The van der Waals surface area contributed by atoms with Gasteiger partial charge >= 0.3 is 5.97 Å². The van der Waals surface area contributed by atoms with Crippen LogP contribution in [0.4, 0.5) is 0 Å². The number of aliphatic carboxylic acids is 1. The number of hydrogen-bond donors (Lipinski definition) is 21. The van der Waals surface area contributed by atoms with Gasteiger partial charge in [-0.15, -0.1) is 0 Å². The third-order valence-corrected chi connectivity index (χ3v) is 17.8. The maximum atomic E-state index is 14.6. The van der Waals surface area contributed by atoms with Gasteiger partial charge in [-0.3, -0.25) is 82.2 Å². The van der Waals surface area contributed by atoms with Crippen LogP contribution in [-0.2, 0) is 80.0 Å². The molecule has 0 spiro atoms. The quantitative estimate of drug-likeness (QED) is 0.00973. The molecule has 37 nitrogen and oxygen atoms in total. The van der Waals surface area contributed by atoms with E-state index in [1.54, 1.807) is 88.4 Å². The Balaban J connectivity index is 2.49. The van der Waals surface area contributed by atoms with Crippen LogP contribution in [0.2, 0.25) is 0 Å². The maximum Gasteiger partial charge on any atom is 0.305 e. The number of carboxylic acids is 1. The highest BCUT2D eigenvalue weighted by Crippen LogP contribution is 2.16. The molecule has 0 unspecified atom stereocenters. The third kappa shape index (κ3) is 36.9. The number of carbonyl (C=O) groups is 14. The molecule has 0 aliphatic heterocycles. The van der Waals surface area contributed by atoms with Crippen molar-refractivity contribution in [3.05, 3.63) is 71.8 Å². The summed E-state index contributed by atoms with van der Waals surface area (Å²) in [4.78, 5) is 206. The molecule has 2 aromatic carbocycles. The summed E-state index contributed by atoms with van der Waals surface area (Å²) in [6.07, 6.45) is 1.88. The summed E-state index contributed by atoms with van der Waals surface area (Å²) >= 11 is 8.42. The highest BCUT2D eigenvalue weighted by atomic mass is 32.1. The molecule has 0 saturated carbocycles. The topological polar surface area (TPSA) is 628 Å². The molecule has 0 fully saturated rings. The lowest BCUT2D eigenvalue weighted by molar-refractivity contribution is -0.150.